The second-order valence-electron chi connectivity index (χ2n) is 6.28. The van der Waals surface area contributed by atoms with Crippen molar-refractivity contribution in [3.8, 4) is 0 Å². The molecule has 1 saturated carbocycles. The maximum Gasteiger partial charge on any atom is 0.0590 e. The Morgan fingerprint density at radius 3 is 2.44 bits per heavy atom. The highest BCUT2D eigenvalue weighted by Crippen LogP contribution is 2.23. The Hall–Kier alpha value is -0.0800. The Labute approximate surface area is 101 Å². The molecule has 0 aliphatic heterocycles. The van der Waals surface area contributed by atoms with Gasteiger partial charge in [-0.05, 0) is 37.1 Å². The minimum absolute atomic E-state index is 0.400. The molecule has 0 aromatic heterocycles. The molecule has 0 bridgehead atoms. The first-order valence-corrected chi connectivity index (χ1v) is 6.86. The summed E-state index contributed by atoms with van der Waals surface area (Å²) in [6, 6.07) is 0. The standard InChI is InChI=1S/C14H29NO/c1-14(2,3)8-10-16-11-9-15-12-13-6-4-5-7-13/h13,15H,4-12H2,1-3H3. The monoisotopic (exact) mass is 227 g/mol. The highest BCUT2D eigenvalue weighted by Gasteiger charge is 2.13. The van der Waals surface area contributed by atoms with Gasteiger partial charge in [-0.15, -0.1) is 0 Å². The summed E-state index contributed by atoms with van der Waals surface area (Å²) in [5.74, 6) is 0.939. The Kier molecular flexibility index (Phi) is 6.37. The number of rotatable bonds is 7. The van der Waals surface area contributed by atoms with E-state index in [9.17, 15) is 0 Å². The van der Waals surface area contributed by atoms with Gasteiger partial charge in [0.25, 0.3) is 0 Å². The van der Waals surface area contributed by atoms with Crippen LogP contribution in [0, 0.1) is 11.3 Å². The molecule has 96 valence electrons. The molecule has 0 aromatic rings. The van der Waals surface area contributed by atoms with Crippen LogP contribution in [0.2, 0.25) is 0 Å². The molecule has 1 aliphatic carbocycles. The molecule has 0 heterocycles. The van der Waals surface area contributed by atoms with Gasteiger partial charge in [0.1, 0.15) is 0 Å². The number of hydrogen-bond acceptors (Lipinski definition) is 2. The van der Waals surface area contributed by atoms with E-state index in [1.54, 1.807) is 0 Å². The lowest BCUT2D eigenvalue weighted by atomic mass is 9.93. The van der Waals surface area contributed by atoms with Crippen LogP contribution in [0.3, 0.4) is 0 Å². The highest BCUT2D eigenvalue weighted by atomic mass is 16.5. The molecule has 0 amide bonds. The molecule has 0 radical (unpaired) electrons. The fourth-order valence-electron chi connectivity index (χ4n) is 2.15. The van der Waals surface area contributed by atoms with E-state index in [-0.39, 0.29) is 0 Å². The summed E-state index contributed by atoms with van der Waals surface area (Å²) in [7, 11) is 0. The van der Waals surface area contributed by atoms with Crippen molar-refractivity contribution >= 4 is 0 Å². The number of hydrogen-bond donors (Lipinski definition) is 1. The molecule has 1 rings (SSSR count). The predicted molar refractivity (Wildman–Crippen MR) is 69.7 cm³/mol. The van der Waals surface area contributed by atoms with Gasteiger partial charge in [-0.3, -0.25) is 0 Å². The first kappa shape index (κ1) is 14.0. The fourth-order valence-corrected chi connectivity index (χ4v) is 2.15. The first-order valence-electron chi connectivity index (χ1n) is 6.86. The second-order valence-corrected chi connectivity index (χ2v) is 6.28. The minimum atomic E-state index is 0.400. The summed E-state index contributed by atoms with van der Waals surface area (Å²) < 4.78 is 5.61. The largest absolute Gasteiger partial charge is 0.380 e. The van der Waals surface area contributed by atoms with Gasteiger partial charge in [-0.25, -0.2) is 0 Å². The van der Waals surface area contributed by atoms with Crippen LogP contribution >= 0.6 is 0 Å². The summed E-state index contributed by atoms with van der Waals surface area (Å²) in [5.41, 5.74) is 0.400. The Morgan fingerprint density at radius 2 is 1.81 bits per heavy atom. The van der Waals surface area contributed by atoms with Crippen molar-refractivity contribution in [1.29, 1.82) is 0 Å². The molecule has 0 saturated heterocycles. The van der Waals surface area contributed by atoms with E-state index in [0.717, 1.165) is 32.1 Å². The van der Waals surface area contributed by atoms with Crippen molar-refractivity contribution in [1.82, 2.24) is 5.32 Å². The highest BCUT2D eigenvalue weighted by molar-refractivity contribution is 4.69. The van der Waals surface area contributed by atoms with Crippen LogP contribution in [-0.2, 0) is 4.74 Å². The van der Waals surface area contributed by atoms with Crippen LogP contribution in [0.4, 0.5) is 0 Å². The van der Waals surface area contributed by atoms with Gasteiger partial charge in [-0.2, -0.15) is 0 Å². The maximum atomic E-state index is 5.61. The van der Waals surface area contributed by atoms with E-state index in [2.05, 4.69) is 26.1 Å². The van der Waals surface area contributed by atoms with Gasteiger partial charge < -0.3 is 10.1 Å². The summed E-state index contributed by atoms with van der Waals surface area (Å²) in [6.45, 7) is 10.7. The average Bonchev–Trinajstić information content (AvgIpc) is 2.67. The van der Waals surface area contributed by atoms with Crippen molar-refractivity contribution in [2.75, 3.05) is 26.3 Å². The van der Waals surface area contributed by atoms with Crippen LogP contribution in [0.15, 0.2) is 0 Å². The van der Waals surface area contributed by atoms with Gasteiger partial charge in [0.05, 0.1) is 6.61 Å². The third-order valence-corrected chi connectivity index (χ3v) is 3.33. The third-order valence-electron chi connectivity index (χ3n) is 3.33. The molecule has 2 nitrogen and oxygen atoms in total. The van der Waals surface area contributed by atoms with Gasteiger partial charge in [0.15, 0.2) is 0 Å². The molecular formula is C14H29NO. The molecule has 1 N–H and O–H groups in total. The van der Waals surface area contributed by atoms with Crippen molar-refractivity contribution in [2.24, 2.45) is 11.3 Å². The van der Waals surface area contributed by atoms with Crippen molar-refractivity contribution in [3.05, 3.63) is 0 Å². The van der Waals surface area contributed by atoms with Crippen LogP contribution in [0.5, 0.6) is 0 Å². The Morgan fingerprint density at radius 1 is 1.12 bits per heavy atom. The number of nitrogens with one attached hydrogen (secondary N) is 1. The van der Waals surface area contributed by atoms with Crippen LogP contribution in [0.25, 0.3) is 0 Å². The van der Waals surface area contributed by atoms with Gasteiger partial charge in [-0.1, -0.05) is 33.6 Å². The van der Waals surface area contributed by atoms with E-state index in [4.69, 9.17) is 4.74 Å². The normalized spacial score (nSPS) is 18.2. The molecule has 0 aromatic carbocycles. The quantitative estimate of drug-likeness (QED) is 0.674. The summed E-state index contributed by atoms with van der Waals surface area (Å²) in [6.07, 6.45) is 6.88. The SMILES string of the molecule is CC(C)(C)CCOCCNCC1CCCC1. The lowest BCUT2D eigenvalue weighted by molar-refractivity contribution is 0.109. The zero-order valence-electron chi connectivity index (χ0n) is 11.3. The Balaban J connectivity index is 1.81. The molecule has 1 fully saturated rings. The van der Waals surface area contributed by atoms with Crippen LogP contribution < -0.4 is 5.32 Å². The first-order chi connectivity index (χ1) is 7.58. The molecule has 0 atom stereocenters. The molecular weight excluding hydrogens is 198 g/mol. The average molecular weight is 227 g/mol. The van der Waals surface area contributed by atoms with Gasteiger partial charge >= 0.3 is 0 Å². The fraction of sp³-hybridized carbons (Fsp3) is 1.00. The van der Waals surface area contributed by atoms with Crippen molar-refractivity contribution in [3.63, 3.8) is 0 Å². The minimum Gasteiger partial charge on any atom is -0.380 e. The Bertz CT molecular complexity index is 168. The zero-order valence-corrected chi connectivity index (χ0v) is 11.3. The van der Waals surface area contributed by atoms with E-state index in [1.165, 1.54) is 32.2 Å². The third kappa shape index (κ3) is 7.24. The zero-order chi connectivity index (χ0) is 11.9. The summed E-state index contributed by atoms with van der Waals surface area (Å²) in [4.78, 5) is 0. The van der Waals surface area contributed by atoms with E-state index in [0.29, 0.717) is 5.41 Å². The second kappa shape index (κ2) is 7.29. The maximum absolute atomic E-state index is 5.61. The predicted octanol–water partition coefficient (Wildman–Crippen LogP) is 3.22. The summed E-state index contributed by atoms with van der Waals surface area (Å²) in [5, 5.41) is 3.50. The molecule has 16 heavy (non-hydrogen) atoms. The van der Waals surface area contributed by atoms with Crippen LogP contribution in [0.1, 0.15) is 52.9 Å². The molecule has 1 aliphatic rings. The van der Waals surface area contributed by atoms with E-state index < -0.39 is 0 Å². The van der Waals surface area contributed by atoms with Crippen molar-refractivity contribution < 1.29 is 4.74 Å². The smallest absolute Gasteiger partial charge is 0.0590 e. The number of ether oxygens (including phenoxy) is 1. The molecule has 0 unspecified atom stereocenters. The van der Waals surface area contributed by atoms with Crippen molar-refractivity contribution in [2.45, 2.75) is 52.9 Å². The topological polar surface area (TPSA) is 21.3 Å². The van der Waals surface area contributed by atoms with Gasteiger partial charge in [0.2, 0.25) is 0 Å². The van der Waals surface area contributed by atoms with E-state index >= 15 is 0 Å². The van der Waals surface area contributed by atoms with Crippen LogP contribution in [-0.4, -0.2) is 26.3 Å². The van der Waals surface area contributed by atoms with Gasteiger partial charge in [0, 0.05) is 13.2 Å². The lowest BCUT2D eigenvalue weighted by Gasteiger charge is -2.17. The molecule has 2 heteroatoms. The lowest BCUT2D eigenvalue weighted by Crippen LogP contribution is -2.25. The van der Waals surface area contributed by atoms with E-state index in [1.807, 2.05) is 0 Å². The molecule has 0 spiro atoms. The summed E-state index contributed by atoms with van der Waals surface area (Å²) >= 11 is 0.